The molecule has 1 N–H and O–H groups in total. The second-order valence-corrected chi connectivity index (χ2v) is 10.6. The third-order valence-electron chi connectivity index (χ3n) is 9.17. The van der Waals surface area contributed by atoms with Gasteiger partial charge in [-0.15, -0.1) is 6.58 Å². The van der Waals surface area contributed by atoms with Crippen molar-refractivity contribution in [2.75, 3.05) is 27.2 Å². The van der Waals surface area contributed by atoms with E-state index in [1.54, 1.807) is 13.2 Å². The molecule has 0 radical (unpaired) electrons. The zero-order chi connectivity index (χ0) is 25.1. The quantitative estimate of drug-likeness (QED) is 0.500. The molecular weight excluding hydrogens is 452 g/mol. The van der Waals surface area contributed by atoms with E-state index in [0.29, 0.717) is 18.6 Å². The van der Waals surface area contributed by atoms with Gasteiger partial charge in [0.05, 0.1) is 24.2 Å². The molecule has 2 fully saturated rings. The lowest BCUT2D eigenvalue weighted by atomic mass is 9.48. The summed E-state index contributed by atoms with van der Waals surface area (Å²) < 4.78 is 12.5. The lowest BCUT2D eigenvalue weighted by Gasteiger charge is -2.64. The maximum Gasteiger partial charge on any atom is 0.246 e. The molecule has 6 nitrogen and oxygen atoms in total. The summed E-state index contributed by atoms with van der Waals surface area (Å²) >= 11 is 0. The Kier molecular flexibility index (Phi) is 5.50. The first-order valence-electron chi connectivity index (χ1n) is 12.9. The molecule has 4 aliphatic rings. The Bertz CT molecular complexity index is 1230. The number of carbonyl (C=O) groups is 1. The summed E-state index contributed by atoms with van der Waals surface area (Å²) in [5, 5.41) is 12.5. The number of hydrogen-bond donors (Lipinski definition) is 1. The summed E-state index contributed by atoms with van der Waals surface area (Å²) in [6.07, 6.45) is 7.91. The molecule has 6 rings (SSSR count). The minimum Gasteiger partial charge on any atom is -0.493 e. The predicted molar refractivity (Wildman–Crippen MR) is 139 cm³/mol. The van der Waals surface area contributed by atoms with Crippen molar-refractivity contribution in [2.24, 2.45) is 0 Å². The highest BCUT2D eigenvalue weighted by Crippen LogP contribution is 2.65. The van der Waals surface area contributed by atoms with E-state index >= 15 is 0 Å². The van der Waals surface area contributed by atoms with Crippen molar-refractivity contribution in [2.45, 2.75) is 54.9 Å². The number of methoxy groups -OCH3 is 1. The van der Waals surface area contributed by atoms with Gasteiger partial charge in [0, 0.05) is 31.3 Å². The van der Waals surface area contributed by atoms with Gasteiger partial charge < -0.3 is 19.5 Å². The van der Waals surface area contributed by atoms with Crippen LogP contribution in [0.15, 0.2) is 61.2 Å². The normalized spacial score (nSPS) is 32.0. The zero-order valence-corrected chi connectivity index (χ0v) is 21.0. The Morgan fingerprint density at radius 2 is 2.08 bits per heavy atom. The standard InChI is InChI=1S/C30H34N2O4/c1-4-17-32-18-16-29-26-21-11-12-23(35-3)27(26)36-28(29)22(14-15-30(29,34)24(32)19-21)31(2)25(33)13-10-20-8-6-5-7-9-20/h4-13,22,24,28,34H,1,14-19H2,2-3H3/t22-,24+,28-,29-,30+/m0/s1. The molecule has 1 saturated carbocycles. The summed E-state index contributed by atoms with van der Waals surface area (Å²) in [5.74, 6) is 1.39. The number of hydrogen-bond acceptors (Lipinski definition) is 5. The molecular formula is C30H34N2O4. The van der Waals surface area contributed by atoms with Gasteiger partial charge in [-0.1, -0.05) is 42.5 Å². The molecule has 2 aliphatic carbocycles. The van der Waals surface area contributed by atoms with Crippen LogP contribution in [0.2, 0.25) is 0 Å². The Morgan fingerprint density at radius 1 is 1.28 bits per heavy atom. The van der Waals surface area contributed by atoms with Gasteiger partial charge in [0.15, 0.2) is 11.5 Å². The van der Waals surface area contributed by atoms with Crippen LogP contribution in [0.25, 0.3) is 6.08 Å². The first-order chi connectivity index (χ1) is 17.4. The van der Waals surface area contributed by atoms with Crippen LogP contribution >= 0.6 is 0 Å². The van der Waals surface area contributed by atoms with E-state index in [-0.39, 0.29) is 24.1 Å². The van der Waals surface area contributed by atoms with Crippen LogP contribution in [0.1, 0.15) is 36.0 Å². The van der Waals surface area contributed by atoms with Gasteiger partial charge in [-0.25, -0.2) is 0 Å². The molecule has 5 atom stereocenters. The molecule has 0 aromatic heterocycles. The lowest BCUT2D eigenvalue weighted by molar-refractivity contribution is -0.198. The number of rotatable bonds is 6. The molecule has 6 heteroatoms. The average molecular weight is 487 g/mol. The summed E-state index contributed by atoms with van der Waals surface area (Å²) in [4.78, 5) is 17.5. The van der Waals surface area contributed by atoms with Gasteiger partial charge in [0.1, 0.15) is 6.10 Å². The zero-order valence-electron chi connectivity index (χ0n) is 21.0. The van der Waals surface area contributed by atoms with Crippen LogP contribution in [0.3, 0.4) is 0 Å². The van der Waals surface area contributed by atoms with Crippen molar-refractivity contribution in [3.05, 3.63) is 77.9 Å². The number of aliphatic hydroxyl groups is 1. The van der Waals surface area contributed by atoms with E-state index in [1.165, 1.54) is 5.56 Å². The van der Waals surface area contributed by atoms with E-state index in [0.717, 1.165) is 42.8 Å². The number of benzene rings is 2. The highest BCUT2D eigenvalue weighted by atomic mass is 16.5. The minimum atomic E-state index is -0.941. The maximum atomic E-state index is 13.3. The number of likely N-dealkylation sites (N-methyl/N-ethyl adjacent to an activating group) is 1. The maximum absolute atomic E-state index is 13.3. The van der Waals surface area contributed by atoms with E-state index in [1.807, 2.05) is 60.5 Å². The minimum absolute atomic E-state index is 0.0119. The molecule has 2 aromatic rings. The van der Waals surface area contributed by atoms with Gasteiger partial charge in [-0.2, -0.15) is 0 Å². The van der Waals surface area contributed by atoms with Gasteiger partial charge in [-0.3, -0.25) is 9.69 Å². The topological polar surface area (TPSA) is 62.2 Å². The molecule has 2 aromatic carbocycles. The summed E-state index contributed by atoms with van der Waals surface area (Å²) in [6, 6.07) is 13.8. The smallest absolute Gasteiger partial charge is 0.246 e. The fraction of sp³-hybridized carbons (Fsp3) is 0.433. The second-order valence-electron chi connectivity index (χ2n) is 10.6. The van der Waals surface area contributed by atoms with E-state index in [2.05, 4.69) is 17.5 Å². The number of piperidine rings is 1. The SMILES string of the molecule is C=CCN1CC[C@]23c4c5ccc(OC)c4O[C@H]2[C@@H](N(C)C(=O)C=Cc2ccccc2)CC[C@@]3(O)[C@H]1C5. The Morgan fingerprint density at radius 3 is 2.83 bits per heavy atom. The Labute approximate surface area is 212 Å². The molecule has 188 valence electrons. The number of amides is 1. The van der Waals surface area contributed by atoms with Gasteiger partial charge >= 0.3 is 0 Å². The number of nitrogens with zero attached hydrogens (tertiary/aromatic N) is 2. The van der Waals surface area contributed by atoms with Gasteiger partial charge in [0.25, 0.3) is 0 Å². The molecule has 1 amide bonds. The summed E-state index contributed by atoms with van der Waals surface area (Å²) in [5.41, 5.74) is 1.79. The number of ether oxygens (including phenoxy) is 2. The molecule has 36 heavy (non-hydrogen) atoms. The number of likely N-dealkylation sites (tertiary alicyclic amines) is 1. The molecule has 2 bridgehead atoms. The van der Waals surface area contributed by atoms with Crippen LogP contribution in [-0.2, 0) is 16.6 Å². The molecule has 1 saturated heterocycles. The Hall–Kier alpha value is -3.09. The van der Waals surface area contributed by atoms with Crippen LogP contribution < -0.4 is 9.47 Å². The van der Waals surface area contributed by atoms with Crippen molar-refractivity contribution in [1.82, 2.24) is 9.80 Å². The van der Waals surface area contributed by atoms with Crippen LogP contribution in [0, 0.1) is 0 Å². The highest BCUT2D eigenvalue weighted by molar-refractivity contribution is 5.92. The molecule has 1 spiro atoms. The van der Waals surface area contributed by atoms with Crippen molar-refractivity contribution in [3.63, 3.8) is 0 Å². The highest BCUT2D eigenvalue weighted by Gasteiger charge is 2.73. The fourth-order valence-corrected chi connectivity index (χ4v) is 7.55. The first kappa shape index (κ1) is 23.3. The fourth-order valence-electron chi connectivity index (χ4n) is 7.55. The summed E-state index contributed by atoms with van der Waals surface area (Å²) in [7, 11) is 3.52. The van der Waals surface area contributed by atoms with Crippen molar-refractivity contribution in [1.29, 1.82) is 0 Å². The monoisotopic (exact) mass is 486 g/mol. The summed E-state index contributed by atoms with van der Waals surface area (Å²) in [6.45, 7) is 5.56. The Balaban J connectivity index is 1.41. The van der Waals surface area contributed by atoms with E-state index < -0.39 is 11.0 Å². The van der Waals surface area contributed by atoms with Crippen molar-refractivity contribution < 1.29 is 19.4 Å². The van der Waals surface area contributed by atoms with Crippen LogP contribution in [0.5, 0.6) is 11.5 Å². The van der Waals surface area contributed by atoms with Gasteiger partial charge in [-0.05, 0) is 55.5 Å². The van der Waals surface area contributed by atoms with Crippen LogP contribution in [-0.4, -0.2) is 71.8 Å². The lowest BCUT2D eigenvalue weighted by Crippen LogP contribution is -2.78. The average Bonchev–Trinajstić information content (AvgIpc) is 3.24. The van der Waals surface area contributed by atoms with Crippen molar-refractivity contribution in [3.8, 4) is 11.5 Å². The first-order valence-corrected chi connectivity index (χ1v) is 12.9. The largest absolute Gasteiger partial charge is 0.493 e. The van der Waals surface area contributed by atoms with Gasteiger partial charge in [0.2, 0.25) is 5.91 Å². The third-order valence-corrected chi connectivity index (χ3v) is 9.17. The third kappa shape index (κ3) is 3.07. The van der Waals surface area contributed by atoms with Crippen molar-refractivity contribution >= 4 is 12.0 Å². The molecule has 2 aliphatic heterocycles. The molecule has 0 unspecified atom stereocenters. The van der Waals surface area contributed by atoms with Crippen LogP contribution in [0.4, 0.5) is 0 Å². The molecule has 2 heterocycles. The van der Waals surface area contributed by atoms with E-state index in [9.17, 15) is 9.90 Å². The number of carbonyl (C=O) groups excluding carboxylic acids is 1. The predicted octanol–water partition coefficient (Wildman–Crippen LogP) is 3.58. The van der Waals surface area contributed by atoms with E-state index in [4.69, 9.17) is 9.47 Å². The second kappa shape index (κ2) is 8.49.